The average Bonchev–Trinajstić information content (AvgIpc) is 2.65. The number of nitrogens with zero attached hydrogens (tertiary/aromatic N) is 2. The van der Waals surface area contributed by atoms with Crippen molar-refractivity contribution in [2.24, 2.45) is 0 Å². The predicted molar refractivity (Wildman–Crippen MR) is 96.1 cm³/mol. The van der Waals surface area contributed by atoms with Gasteiger partial charge in [-0.25, -0.2) is 4.98 Å². The van der Waals surface area contributed by atoms with Crippen LogP contribution < -0.4 is 18.9 Å². The Bertz CT molecular complexity index is 731. The topological polar surface area (TPSA) is 62.7 Å². The van der Waals surface area contributed by atoms with Gasteiger partial charge in [0.15, 0.2) is 17.2 Å². The minimum absolute atomic E-state index is 0.0814. The molecule has 0 fully saturated rings. The standard InChI is InChI=1S/C19H26N2O4/c1-12(13-10-15(23-5)16(24-6)11-20-13)19(2,3)17-9-8-14(22-4)18(21-17)25-7/h8-12H,1-7H3. The molecule has 136 valence electrons. The second-order valence-electron chi connectivity index (χ2n) is 6.32. The molecule has 0 spiro atoms. The van der Waals surface area contributed by atoms with Crippen molar-refractivity contribution in [1.82, 2.24) is 9.97 Å². The first kappa shape index (κ1) is 18.8. The summed E-state index contributed by atoms with van der Waals surface area (Å²) in [5.41, 5.74) is 1.51. The maximum Gasteiger partial charge on any atom is 0.256 e. The average molecular weight is 346 g/mol. The number of pyridine rings is 2. The maximum atomic E-state index is 5.40. The van der Waals surface area contributed by atoms with Gasteiger partial charge in [0.1, 0.15) is 0 Å². The smallest absolute Gasteiger partial charge is 0.256 e. The van der Waals surface area contributed by atoms with Crippen LogP contribution in [0, 0.1) is 0 Å². The molecule has 2 aromatic heterocycles. The van der Waals surface area contributed by atoms with E-state index < -0.39 is 0 Å². The molecule has 0 amide bonds. The Labute approximate surface area is 149 Å². The van der Waals surface area contributed by atoms with Gasteiger partial charge in [-0.1, -0.05) is 20.8 Å². The van der Waals surface area contributed by atoms with Gasteiger partial charge in [0, 0.05) is 23.1 Å². The van der Waals surface area contributed by atoms with E-state index in [2.05, 4.69) is 30.7 Å². The number of aromatic nitrogens is 2. The van der Waals surface area contributed by atoms with Crippen LogP contribution in [0.1, 0.15) is 38.1 Å². The van der Waals surface area contributed by atoms with Crippen molar-refractivity contribution in [3.63, 3.8) is 0 Å². The first-order chi connectivity index (χ1) is 11.9. The maximum absolute atomic E-state index is 5.40. The highest BCUT2D eigenvalue weighted by atomic mass is 16.5. The zero-order chi connectivity index (χ0) is 18.6. The summed E-state index contributed by atoms with van der Waals surface area (Å²) in [5, 5.41) is 0. The van der Waals surface area contributed by atoms with Gasteiger partial charge in [-0.3, -0.25) is 4.98 Å². The van der Waals surface area contributed by atoms with Crippen LogP contribution in [-0.2, 0) is 5.41 Å². The Balaban J connectivity index is 2.41. The van der Waals surface area contributed by atoms with Crippen molar-refractivity contribution in [1.29, 1.82) is 0 Å². The summed E-state index contributed by atoms with van der Waals surface area (Å²) in [6.07, 6.45) is 1.68. The summed E-state index contributed by atoms with van der Waals surface area (Å²) >= 11 is 0. The Hall–Kier alpha value is -2.50. The highest BCUT2D eigenvalue weighted by molar-refractivity contribution is 5.42. The molecule has 2 heterocycles. The minimum atomic E-state index is -0.286. The van der Waals surface area contributed by atoms with Crippen LogP contribution >= 0.6 is 0 Å². The first-order valence-electron chi connectivity index (χ1n) is 8.06. The van der Waals surface area contributed by atoms with Crippen molar-refractivity contribution < 1.29 is 18.9 Å². The van der Waals surface area contributed by atoms with Crippen molar-refractivity contribution in [3.8, 4) is 23.1 Å². The molecular formula is C19H26N2O4. The Morgan fingerprint density at radius 1 is 0.880 bits per heavy atom. The molecule has 0 radical (unpaired) electrons. The third-order valence-corrected chi connectivity index (χ3v) is 4.72. The fourth-order valence-corrected chi connectivity index (χ4v) is 2.67. The SMILES string of the molecule is COc1cnc(C(C)C(C)(C)c2ccc(OC)c(OC)n2)cc1OC. The van der Waals surface area contributed by atoms with E-state index in [0.717, 1.165) is 11.4 Å². The second-order valence-corrected chi connectivity index (χ2v) is 6.32. The monoisotopic (exact) mass is 346 g/mol. The van der Waals surface area contributed by atoms with Crippen LogP contribution in [0.3, 0.4) is 0 Å². The van der Waals surface area contributed by atoms with Crippen LogP contribution in [-0.4, -0.2) is 38.4 Å². The molecule has 0 N–H and O–H groups in total. The second kappa shape index (κ2) is 7.59. The van der Waals surface area contributed by atoms with Crippen LogP contribution in [0.25, 0.3) is 0 Å². The zero-order valence-electron chi connectivity index (χ0n) is 15.9. The van der Waals surface area contributed by atoms with Crippen molar-refractivity contribution in [3.05, 3.63) is 35.8 Å². The first-order valence-corrected chi connectivity index (χ1v) is 8.06. The van der Waals surface area contributed by atoms with Gasteiger partial charge in [-0.05, 0) is 12.1 Å². The summed E-state index contributed by atoms with van der Waals surface area (Å²) in [7, 11) is 6.40. The molecule has 25 heavy (non-hydrogen) atoms. The Morgan fingerprint density at radius 2 is 1.52 bits per heavy atom. The third-order valence-electron chi connectivity index (χ3n) is 4.72. The highest BCUT2D eigenvalue weighted by Gasteiger charge is 2.33. The molecule has 0 aliphatic heterocycles. The molecule has 6 heteroatoms. The van der Waals surface area contributed by atoms with Gasteiger partial charge in [-0.15, -0.1) is 0 Å². The normalized spacial score (nSPS) is 12.4. The van der Waals surface area contributed by atoms with Crippen molar-refractivity contribution in [2.45, 2.75) is 32.1 Å². The lowest BCUT2D eigenvalue weighted by molar-refractivity contribution is 0.333. The highest BCUT2D eigenvalue weighted by Crippen LogP contribution is 2.40. The summed E-state index contributed by atoms with van der Waals surface area (Å²) in [6.45, 7) is 6.38. The lowest BCUT2D eigenvalue weighted by Gasteiger charge is -2.31. The van der Waals surface area contributed by atoms with Crippen LogP contribution in [0.15, 0.2) is 24.4 Å². The van der Waals surface area contributed by atoms with Gasteiger partial charge in [-0.2, -0.15) is 0 Å². The fraction of sp³-hybridized carbons (Fsp3) is 0.474. The van der Waals surface area contributed by atoms with Gasteiger partial charge in [0.2, 0.25) is 0 Å². The molecule has 0 aliphatic carbocycles. The van der Waals surface area contributed by atoms with E-state index in [9.17, 15) is 0 Å². The minimum Gasteiger partial charge on any atom is -0.493 e. The molecule has 0 aromatic carbocycles. The van der Waals surface area contributed by atoms with E-state index in [1.54, 1.807) is 34.6 Å². The number of hydrogen-bond donors (Lipinski definition) is 0. The van der Waals surface area contributed by atoms with Gasteiger partial charge in [0.25, 0.3) is 5.88 Å². The molecule has 2 rings (SSSR count). The summed E-state index contributed by atoms with van der Waals surface area (Å²) in [5.74, 6) is 2.44. The van der Waals surface area contributed by atoms with Gasteiger partial charge >= 0.3 is 0 Å². The largest absolute Gasteiger partial charge is 0.493 e. The molecule has 1 atom stereocenters. The lowest BCUT2D eigenvalue weighted by atomic mass is 9.75. The summed E-state index contributed by atoms with van der Waals surface area (Å²) in [4.78, 5) is 9.16. The molecule has 0 aliphatic rings. The van der Waals surface area contributed by atoms with E-state index in [1.165, 1.54) is 0 Å². The molecule has 2 aromatic rings. The van der Waals surface area contributed by atoms with E-state index in [0.29, 0.717) is 23.1 Å². The molecule has 0 saturated heterocycles. The molecule has 0 bridgehead atoms. The Morgan fingerprint density at radius 3 is 2.08 bits per heavy atom. The number of hydrogen-bond acceptors (Lipinski definition) is 6. The van der Waals surface area contributed by atoms with Crippen LogP contribution in [0.2, 0.25) is 0 Å². The summed E-state index contributed by atoms with van der Waals surface area (Å²) < 4.78 is 21.3. The lowest BCUT2D eigenvalue weighted by Crippen LogP contribution is -2.27. The van der Waals surface area contributed by atoms with Crippen molar-refractivity contribution in [2.75, 3.05) is 28.4 Å². The van der Waals surface area contributed by atoms with Crippen LogP contribution in [0.4, 0.5) is 0 Å². The fourth-order valence-electron chi connectivity index (χ4n) is 2.67. The number of ether oxygens (including phenoxy) is 4. The van der Waals surface area contributed by atoms with Gasteiger partial charge in [0.05, 0.1) is 40.3 Å². The van der Waals surface area contributed by atoms with Crippen molar-refractivity contribution >= 4 is 0 Å². The molecular weight excluding hydrogens is 320 g/mol. The zero-order valence-corrected chi connectivity index (χ0v) is 15.9. The molecule has 1 unspecified atom stereocenters. The van der Waals surface area contributed by atoms with E-state index in [-0.39, 0.29) is 11.3 Å². The third kappa shape index (κ3) is 3.62. The predicted octanol–water partition coefficient (Wildman–Crippen LogP) is 3.59. The molecule has 6 nitrogen and oxygen atoms in total. The van der Waals surface area contributed by atoms with Crippen LogP contribution in [0.5, 0.6) is 23.1 Å². The number of rotatable bonds is 7. The molecule has 0 saturated carbocycles. The van der Waals surface area contributed by atoms with E-state index in [1.807, 2.05) is 18.2 Å². The summed E-state index contributed by atoms with van der Waals surface area (Å²) in [6, 6.07) is 5.74. The number of methoxy groups -OCH3 is 4. The quantitative estimate of drug-likeness (QED) is 0.763. The van der Waals surface area contributed by atoms with E-state index >= 15 is 0 Å². The Kier molecular flexibility index (Phi) is 5.72. The van der Waals surface area contributed by atoms with E-state index in [4.69, 9.17) is 18.9 Å². The van der Waals surface area contributed by atoms with Gasteiger partial charge < -0.3 is 18.9 Å².